The summed E-state index contributed by atoms with van der Waals surface area (Å²) in [5, 5.41) is 30.6. The fourth-order valence-electron chi connectivity index (χ4n) is 4.46. The third-order valence-electron chi connectivity index (χ3n) is 7.03. The molecule has 284 valence electrons. The van der Waals surface area contributed by atoms with Crippen LogP contribution >= 0.6 is 0 Å². The van der Waals surface area contributed by atoms with Gasteiger partial charge in [0.1, 0.15) is 30.0 Å². The summed E-state index contributed by atoms with van der Waals surface area (Å²) in [5.74, 6) is -1.74. The number of amides is 6. The van der Waals surface area contributed by atoms with Gasteiger partial charge in [0, 0.05) is 38.0 Å². The molecule has 0 aliphatic carbocycles. The van der Waals surface area contributed by atoms with Crippen LogP contribution in [-0.2, 0) is 32.2 Å². The van der Waals surface area contributed by atoms with E-state index in [4.69, 9.17) is 19.9 Å². The van der Waals surface area contributed by atoms with E-state index in [0.29, 0.717) is 11.1 Å². The van der Waals surface area contributed by atoms with E-state index < -0.39 is 64.7 Å². The smallest absolute Gasteiger partial charge is 0.465 e. The number of urea groups is 1. The Labute approximate surface area is 299 Å². The molecule has 2 rings (SSSR count). The number of alkyl carbamates (subject to hydrolysis) is 1. The van der Waals surface area contributed by atoms with Crippen molar-refractivity contribution >= 4 is 47.6 Å². The molecule has 0 aromatic heterocycles. The summed E-state index contributed by atoms with van der Waals surface area (Å²) in [6.07, 6.45) is -2.93. The summed E-state index contributed by atoms with van der Waals surface area (Å²) in [7, 11) is 1.31. The molecule has 52 heavy (non-hydrogen) atoms. The summed E-state index contributed by atoms with van der Waals surface area (Å²) in [6, 6.07) is 6.15. The predicted molar refractivity (Wildman–Crippen MR) is 185 cm³/mol. The molecule has 2 atom stereocenters. The maximum Gasteiger partial charge on any atom is 0.514 e. The average Bonchev–Trinajstić information content (AvgIpc) is 3.03. The summed E-state index contributed by atoms with van der Waals surface area (Å²) in [4.78, 5) is 85.7. The van der Waals surface area contributed by atoms with Gasteiger partial charge < -0.3 is 51.2 Å². The number of hydrogen-bond acceptors (Lipinski definition) is 11. The van der Waals surface area contributed by atoms with Crippen LogP contribution in [0.25, 0.3) is 0 Å². The van der Waals surface area contributed by atoms with Crippen molar-refractivity contribution in [3.8, 4) is 5.75 Å². The van der Waals surface area contributed by atoms with Crippen molar-refractivity contribution in [3.05, 3.63) is 63.7 Å². The number of rotatable bonds is 16. The molecule has 0 spiro atoms. The van der Waals surface area contributed by atoms with E-state index in [0.717, 1.165) is 17.0 Å². The number of non-ortho nitro benzene ring substituents is 1. The van der Waals surface area contributed by atoms with E-state index in [-0.39, 0.29) is 49.7 Å². The molecule has 2 aromatic carbocycles. The molecule has 0 unspecified atom stereocenters. The van der Waals surface area contributed by atoms with Gasteiger partial charge in [-0.3, -0.25) is 19.7 Å². The normalized spacial score (nSPS) is 12.1. The number of nitrogens with zero attached hydrogens (tertiary/aromatic N) is 2. The van der Waals surface area contributed by atoms with E-state index in [1.165, 1.54) is 37.4 Å². The monoisotopic (exact) mass is 731 g/mol. The lowest BCUT2D eigenvalue weighted by molar-refractivity contribution is -0.384. The fraction of sp³-hybridized carbons (Fsp3) is 0.455. The second-order valence-corrected chi connectivity index (χ2v) is 12.9. The second kappa shape index (κ2) is 19.3. The molecular weight excluding hydrogens is 686 g/mol. The molecule has 7 N–H and O–H groups in total. The minimum absolute atomic E-state index is 0.00751. The molecule has 0 saturated carbocycles. The topological polar surface area (TPSA) is 271 Å². The molecule has 0 fully saturated rings. The van der Waals surface area contributed by atoms with Crippen LogP contribution < -0.4 is 31.7 Å². The first-order chi connectivity index (χ1) is 24.2. The maximum absolute atomic E-state index is 13.6. The summed E-state index contributed by atoms with van der Waals surface area (Å²) in [5.41, 5.74) is 5.02. The molecule has 19 nitrogen and oxygen atoms in total. The Bertz CT molecular complexity index is 1610. The zero-order valence-electron chi connectivity index (χ0n) is 29.7. The molecule has 0 aliphatic rings. The SMILES string of the molecule is CC(C)[C@H](NC(=O)OC(C)(C)C)C(=O)N[C@@H](CCCNC(N)=O)C(=O)Nc1ccc(COC(=O)Oc2ccc([N+](=O)[O-])cc2)c(CN(C)C(=O)O)c1. The molecule has 19 heteroatoms. The number of carboxylic acid groups (broad SMARTS) is 1. The van der Waals surface area contributed by atoms with E-state index in [1.54, 1.807) is 34.6 Å². The number of benzene rings is 2. The second-order valence-electron chi connectivity index (χ2n) is 12.9. The van der Waals surface area contributed by atoms with E-state index in [2.05, 4.69) is 21.3 Å². The highest BCUT2D eigenvalue weighted by atomic mass is 16.7. The molecule has 2 aromatic rings. The van der Waals surface area contributed by atoms with E-state index in [9.17, 15) is 44.0 Å². The Morgan fingerprint density at radius 1 is 0.981 bits per heavy atom. The first kappa shape index (κ1) is 42.0. The number of nitro groups is 1. The van der Waals surface area contributed by atoms with Crippen LogP contribution in [0.5, 0.6) is 5.75 Å². The molecule has 0 radical (unpaired) electrons. The Hall–Kier alpha value is -6.14. The zero-order chi connectivity index (χ0) is 39.2. The van der Waals surface area contributed by atoms with Crippen molar-refractivity contribution in [2.24, 2.45) is 11.7 Å². The Morgan fingerprint density at radius 3 is 2.19 bits per heavy atom. The van der Waals surface area contributed by atoms with Crippen LogP contribution in [-0.4, -0.2) is 82.4 Å². The fourth-order valence-corrected chi connectivity index (χ4v) is 4.46. The van der Waals surface area contributed by atoms with Gasteiger partial charge in [-0.2, -0.15) is 0 Å². The van der Waals surface area contributed by atoms with Crippen LogP contribution in [0.4, 0.5) is 30.6 Å². The number of nitrogens with one attached hydrogen (secondary N) is 4. The number of nitrogens with two attached hydrogens (primary N) is 1. The highest BCUT2D eigenvalue weighted by molar-refractivity contribution is 5.98. The number of carbonyl (C=O) groups is 6. The lowest BCUT2D eigenvalue weighted by Crippen LogP contribution is -2.55. The highest BCUT2D eigenvalue weighted by Gasteiger charge is 2.30. The van der Waals surface area contributed by atoms with Crippen molar-refractivity contribution in [2.45, 2.75) is 78.3 Å². The zero-order valence-corrected chi connectivity index (χ0v) is 29.7. The molecule has 6 amide bonds. The minimum Gasteiger partial charge on any atom is -0.465 e. The largest absolute Gasteiger partial charge is 0.514 e. The standard InChI is InChI=1S/C33H45N7O12/c1-19(2)26(38-30(44)52-33(3,4)5)28(42)37-25(8-7-15-35-29(34)43)27(41)36-22-10-9-20(21(16-22)17-39(6)31(45)46)18-50-32(47)51-24-13-11-23(12-14-24)40(48)49/h9-14,16,19,25-26H,7-8,15,17-18H2,1-6H3,(H,36,41)(H,37,42)(H,38,44)(H,45,46)(H3,34,35,43)/t25-,26-/m0/s1. The Morgan fingerprint density at radius 2 is 1.63 bits per heavy atom. The van der Waals surface area contributed by atoms with Gasteiger partial charge in [0.2, 0.25) is 11.8 Å². The molecule has 0 aliphatic heterocycles. The van der Waals surface area contributed by atoms with Gasteiger partial charge in [-0.05, 0) is 74.9 Å². The van der Waals surface area contributed by atoms with Crippen molar-refractivity contribution < 1.29 is 53.0 Å². The van der Waals surface area contributed by atoms with E-state index in [1.807, 2.05) is 0 Å². The summed E-state index contributed by atoms with van der Waals surface area (Å²) < 4.78 is 15.5. The molecule has 0 saturated heterocycles. The number of primary amides is 1. The van der Waals surface area contributed by atoms with Crippen LogP contribution in [0.1, 0.15) is 58.6 Å². The third-order valence-corrected chi connectivity index (χ3v) is 7.03. The molecule has 0 heterocycles. The van der Waals surface area contributed by atoms with Gasteiger partial charge in [0.05, 0.1) is 4.92 Å². The van der Waals surface area contributed by atoms with Gasteiger partial charge in [-0.15, -0.1) is 0 Å². The van der Waals surface area contributed by atoms with Crippen LogP contribution in [0.15, 0.2) is 42.5 Å². The summed E-state index contributed by atoms with van der Waals surface area (Å²) >= 11 is 0. The van der Waals surface area contributed by atoms with Crippen molar-refractivity contribution in [1.82, 2.24) is 20.9 Å². The van der Waals surface area contributed by atoms with Gasteiger partial charge >= 0.3 is 24.4 Å². The van der Waals surface area contributed by atoms with Crippen LogP contribution in [0.3, 0.4) is 0 Å². The lowest BCUT2D eigenvalue weighted by Gasteiger charge is -2.27. The van der Waals surface area contributed by atoms with Gasteiger partial charge in [0.15, 0.2) is 0 Å². The Balaban J connectivity index is 2.26. The van der Waals surface area contributed by atoms with Crippen LogP contribution in [0.2, 0.25) is 0 Å². The highest BCUT2D eigenvalue weighted by Crippen LogP contribution is 2.21. The third kappa shape index (κ3) is 14.8. The minimum atomic E-state index is -1.26. The predicted octanol–water partition coefficient (Wildman–Crippen LogP) is 3.84. The van der Waals surface area contributed by atoms with E-state index >= 15 is 0 Å². The average molecular weight is 732 g/mol. The van der Waals surface area contributed by atoms with Gasteiger partial charge in [-0.25, -0.2) is 19.2 Å². The maximum atomic E-state index is 13.6. The molecule has 0 bridgehead atoms. The number of ether oxygens (including phenoxy) is 3. The summed E-state index contributed by atoms with van der Waals surface area (Å²) in [6.45, 7) is 7.96. The lowest BCUT2D eigenvalue weighted by atomic mass is 10.0. The quantitative estimate of drug-likeness (QED) is 0.0473. The first-order valence-corrected chi connectivity index (χ1v) is 16.0. The first-order valence-electron chi connectivity index (χ1n) is 16.0. The van der Waals surface area contributed by atoms with Crippen molar-refractivity contribution in [1.29, 1.82) is 0 Å². The number of anilines is 1. The number of nitro benzene ring substituents is 1. The molecular formula is C33H45N7O12. The Kier molecular flexibility index (Phi) is 15.6. The number of hydrogen-bond donors (Lipinski definition) is 6. The van der Waals surface area contributed by atoms with Crippen LogP contribution in [0, 0.1) is 16.0 Å². The van der Waals surface area contributed by atoms with Gasteiger partial charge in [-0.1, -0.05) is 19.9 Å². The van der Waals surface area contributed by atoms with Crippen molar-refractivity contribution in [2.75, 3.05) is 18.9 Å². The number of carbonyl (C=O) groups excluding carboxylic acids is 5. The van der Waals surface area contributed by atoms with Crippen molar-refractivity contribution in [3.63, 3.8) is 0 Å². The van der Waals surface area contributed by atoms with Gasteiger partial charge in [0.25, 0.3) is 5.69 Å².